The van der Waals surface area contributed by atoms with Crippen LogP contribution in [0.5, 0.6) is 0 Å². The number of nitrogens with one attached hydrogen (secondary N) is 1. The average Bonchev–Trinajstić information content (AvgIpc) is 1.65. The molecular formula is C73H57BBrF18N7O7S3. The lowest BCUT2D eigenvalue weighted by molar-refractivity contribution is -0.226. The Morgan fingerprint density at radius 2 is 0.836 bits per heavy atom. The van der Waals surface area contributed by atoms with Crippen LogP contribution < -0.4 is 5.76 Å². The number of halogens is 19. The smallest absolute Gasteiger partial charge is 0.427 e. The van der Waals surface area contributed by atoms with E-state index in [1.165, 1.54) is 75.4 Å². The Balaban J connectivity index is 0.000000169. The van der Waals surface area contributed by atoms with Crippen molar-refractivity contribution in [3.05, 3.63) is 230 Å². The first-order chi connectivity index (χ1) is 51.6. The van der Waals surface area contributed by atoms with Crippen LogP contribution in [0.1, 0.15) is 156 Å². The summed E-state index contributed by atoms with van der Waals surface area (Å²) in [4.78, 5) is 25.8. The van der Waals surface area contributed by atoms with Crippen LogP contribution in [-0.2, 0) is 52.6 Å². The Kier molecular flexibility index (Phi) is 25.9. The maximum Gasteiger partial charge on any atom is 0.454 e. The van der Waals surface area contributed by atoms with Crippen molar-refractivity contribution in [2.45, 2.75) is 152 Å². The van der Waals surface area contributed by atoms with Crippen LogP contribution >= 0.6 is 49.9 Å². The molecule has 4 heterocycles. The summed E-state index contributed by atoms with van der Waals surface area (Å²) in [6.45, 7) is 3.16. The van der Waals surface area contributed by atoms with Crippen LogP contribution in [0.3, 0.4) is 0 Å². The second kappa shape index (κ2) is 34.0. The SMILES string of the molecule is Cc1nc(-c2ccc(C(F)(F)F)cc2)sc1C(OCc1ccc(-c2noc(=O)[nH]2)c(C2CC2)c1)C(F)(F)F.Cc1nc(-c2ccc(C(F)(F)F)cc2)sc1C(OCc1ccc(C#N)c(Br)c1)C(F)(F)F.Cc1nc(-c2ccc(C(F)(F)F)cc2)sc1C(OCc1ccc(C#N)c(C2CC2)c1)C(F)(F)F.OB(O)C1CC1. The van der Waals surface area contributed by atoms with E-state index in [0.717, 1.165) is 109 Å². The molecule has 3 fully saturated rings. The number of nitriles is 2. The van der Waals surface area contributed by atoms with Gasteiger partial charge in [0, 0.05) is 26.7 Å². The lowest BCUT2D eigenvalue weighted by Crippen LogP contribution is -2.23. The molecule has 3 atom stereocenters. The highest BCUT2D eigenvalue weighted by Gasteiger charge is 2.47. The molecule has 0 saturated heterocycles. The molecular weight excluding hydrogens is 1620 g/mol. The molecule has 10 aromatic rings. The van der Waals surface area contributed by atoms with Gasteiger partial charge in [-0.05, 0) is 162 Å². The number of hydrogen-bond acceptors (Lipinski definition) is 16. The maximum absolute atomic E-state index is 14.1. The van der Waals surface area contributed by atoms with E-state index < -0.39 is 84.9 Å². The van der Waals surface area contributed by atoms with Gasteiger partial charge < -0.3 is 24.3 Å². The van der Waals surface area contributed by atoms with Gasteiger partial charge in [-0.25, -0.2) is 19.7 Å². The molecule has 0 amide bonds. The van der Waals surface area contributed by atoms with Crippen LogP contribution in [0.2, 0.25) is 5.82 Å². The number of nitrogens with zero attached hydrogens (tertiary/aromatic N) is 6. The highest BCUT2D eigenvalue weighted by molar-refractivity contribution is 9.10. The van der Waals surface area contributed by atoms with Gasteiger partial charge in [0.05, 0.1) is 85.4 Å². The first-order valence-corrected chi connectivity index (χ1v) is 36.1. The standard InChI is InChI=1S/C25H19F6N3O3S.C24H18F6N2OS.C21H13BrF6N2OS.C3H7BO2/c1-12-19(38-22(32-12)15-5-7-16(8-6-15)24(26,27)28)20(25(29,30)31)36-11-13-2-9-17(18(10-13)14-3-4-14)21-33-23(35)37-34-21;1-13-20(34-22(32-13)16-6-8-18(9-7-16)23(25,26)27)21(24(28,29)30)33-12-14-2-3-17(11-31)19(10-14)15-4-5-15;1-11-17(32-19(30-11)13-4-6-15(7-5-13)20(23,24)25)18(21(26,27)28)31-10-12-2-3-14(9-29)16(22)8-12;5-4(6)3-1-2-3/h2,5-10,14,20H,3-4,11H2,1H3,(H,33,34,35);2-3,6-10,15,21H,4-5,12H2,1H3;2-8,18H,10H2,1H3;3,5-6H,1-2H2. The predicted octanol–water partition coefficient (Wildman–Crippen LogP) is 22.1. The summed E-state index contributed by atoms with van der Waals surface area (Å²) in [5, 5.41) is 38.9. The number of ether oxygens (including phenoxy) is 3. The number of aromatic amines is 1. The van der Waals surface area contributed by atoms with Crippen molar-refractivity contribution >= 4 is 57.1 Å². The van der Waals surface area contributed by atoms with Crippen LogP contribution in [0.15, 0.2) is 141 Å². The summed E-state index contributed by atoms with van der Waals surface area (Å²) in [5.41, 5.74) is 3.10. The number of aromatic nitrogens is 5. The van der Waals surface area contributed by atoms with Crippen LogP contribution in [-0.4, -0.2) is 60.8 Å². The molecule has 580 valence electrons. The van der Waals surface area contributed by atoms with Crippen molar-refractivity contribution in [3.63, 3.8) is 0 Å². The summed E-state index contributed by atoms with van der Waals surface area (Å²) in [7, 11) is -1.04. The molecule has 0 spiro atoms. The molecule has 3 N–H and O–H groups in total. The van der Waals surface area contributed by atoms with Crippen molar-refractivity contribution in [1.82, 2.24) is 25.1 Å². The number of thiazole rings is 3. The third-order valence-corrected chi connectivity index (χ3v) is 21.4. The minimum atomic E-state index is -4.76. The van der Waals surface area contributed by atoms with E-state index in [4.69, 9.17) is 29.5 Å². The van der Waals surface area contributed by atoms with E-state index in [1.54, 1.807) is 36.4 Å². The minimum absolute atomic E-state index is 0.0771. The lowest BCUT2D eigenvalue weighted by Gasteiger charge is -2.20. The fourth-order valence-corrected chi connectivity index (χ4v) is 14.8. The molecule has 4 aromatic heterocycles. The maximum atomic E-state index is 14.1. The monoisotopic (exact) mass is 1670 g/mol. The first kappa shape index (κ1) is 83.7. The van der Waals surface area contributed by atoms with Gasteiger partial charge in [-0.3, -0.25) is 9.51 Å². The molecule has 0 aliphatic heterocycles. The zero-order valence-electron chi connectivity index (χ0n) is 57.1. The zero-order valence-corrected chi connectivity index (χ0v) is 61.1. The number of hydrogen-bond donors (Lipinski definition) is 3. The van der Waals surface area contributed by atoms with Crippen molar-refractivity contribution in [2.75, 3.05) is 0 Å². The molecule has 3 unspecified atom stereocenters. The number of alkyl halides is 18. The highest BCUT2D eigenvalue weighted by atomic mass is 79.9. The normalized spacial score (nSPS) is 14.9. The van der Waals surface area contributed by atoms with Crippen LogP contribution in [0.4, 0.5) is 79.0 Å². The number of rotatable bonds is 19. The van der Waals surface area contributed by atoms with Crippen molar-refractivity contribution in [3.8, 4) is 55.2 Å². The van der Waals surface area contributed by atoms with Crippen LogP contribution in [0, 0.1) is 43.4 Å². The predicted molar refractivity (Wildman–Crippen MR) is 372 cm³/mol. The molecule has 0 bridgehead atoms. The summed E-state index contributed by atoms with van der Waals surface area (Å²) >= 11 is 5.36. The third-order valence-electron chi connectivity index (χ3n) is 17.0. The largest absolute Gasteiger partial charge is 0.454 e. The Hall–Kier alpha value is -8.79. The Bertz CT molecular complexity index is 4990. The number of H-pyrrole nitrogens is 1. The number of benzene rings is 6. The van der Waals surface area contributed by atoms with E-state index in [2.05, 4.69) is 51.6 Å². The molecule has 0 radical (unpaired) electrons. The number of aryl methyl sites for hydroxylation is 3. The van der Waals surface area contributed by atoms with E-state index in [-0.39, 0.29) is 107 Å². The van der Waals surface area contributed by atoms with Gasteiger partial charge in [-0.1, -0.05) is 90.8 Å². The molecule has 14 nitrogen and oxygen atoms in total. The van der Waals surface area contributed by atoms with Crippen molar-refractivity contribution < 1.29 is 108 Å². The Morgan fingerprint density at radius 3 is 1.13 bits per heavy atom. The van der Waals surface area contributed by atoms with E-state index in [9.17, 15) is 89.1 Å². The van der Waals surface area contributed by atoms with Gasteiger partial charge in [-0.2, -0.15) is 89.6 Å². The zero-order chi connectivity index (χ0) is 80.2. The minimum Gasteiger partial charge on any atom is -0.427 e. The molecule has 13 rings (SSSR count). The molecule has 3 saturated carbocycles. The molecule has 110 heavy (non-hydrogen) atoms. The topological polar surface area (TPSA) is 213 Å². The fraction of sp³-hybridized carbons (Fsp3) is 0.329. The second-order valence-corrected chi connectivity index (χ2v) is 29.4. The Labute approximate surface area is 634 Å². The third kappa shape index (κ3) is 21.9. The average molecular weight is 1670 g/mol. The summed E-state index contributed by atoms with van der Waals surface area (Å²) in [6.07, 6.45) is -28.9. The quantitative estimate of drug-likeness (QED) is 0.0508. The summed E-state index contributed by atoms with van der Waals surface area (Å²) < 4.78 is 261. The molecule has 37 heteroatoms. The van der Waals surface area contributed by atoms with Gasteiger partial charge in [0.1, 0.15) is 21.1 Å². The van der Waals surface area contributed by atoms with Gasteiger partial charge in [-0.15, -0.1) is 34.0 Å². The van der Waals surface area contributed by atoms with Crippen LogP contribution in [0.25, 0.3) is 43.1 Å². The fourth-order valence-electron chi connectivity index (χ4n) is 10.9. The molecule has 3 aliphatic rings. The van der Waals surface area contributed by atoms with Crippen molar-refractivity contribution in [2.24, 2.45) is 0 Å². The van der Waals surface area contributed by atoms with Gasteiger partial charge in [0.2, 0.25) is 0 Å². The first-order valence-electron chi connectivity index (χ1n) is 32.8. The van der Waals surface area contributed by atoms with Gasteiger partial charge in [0.25, 0.3) is 0 Å². The summed E-state index contributed by atoms with van der Waals surface area (Å²) in [6, 6.07) is 30.6. The lowest BCUT2D eigenvalue weighted by atomic mass is 9.84. The van der Waals surface area contributed by atoms with Gasteiger partial charge in [0.15, 0.2) is 24.1 Å². The van der Waals surface area contributed by atoms with Gasteiger partial charge >= 0.3 is 49.9 Å². The second-order valence-electron chi connectivity index (χ2n) is 25.5. The van der Waals surface area contributed by atoms with Crippen molar-refractivity contribution in [1.29, 1.82) is 10.5 Å². The van der Waals surface area contributed by atoms with E-state index in [1.807, 2.05) is 6.07 Å². The van der Waals surface area contributed by atoms with E-state index in [0.29, 0.717) is 49.2 Å². The van der Waals surface area contributed by atoms with E-state index >= 15 is 0 Å². The molecule has 6 aromatic carbocycles. The molecule has 3 aliphatic carbocycles. The summed E-state index contributed by atoms with van der Waals surface area (Å²) in [5.74, 6) is 0.193. The Morgan fingerprint density at radius 1 is 0.500 bits per heavy atom. The highest BCUT2D eigenvalue weighted by Crippen LogP contribution is 2.49.